The molecular formula is C28H28F3N3O5. The number of nitrogens with zero attached hydrogens (tertiary/aromatic N) is 2. The number of carbonyl (C=O) groups excluding carboxylic acids is 2. The molecule has 1 aromatic heterocycles. The molecule has 0 radical (unpaired) electrons. The van der Waals surface area contributed by atoms with Crippen molar-refractivity contribution in [3.8, 4) is 17.0 Å². The van der Waals surface area contributed by atoms with Crippen LogP contribution in [0.5, 0.6) is 5.75 Å². The molecule has 8 nitrogen and oxygen atoms in total. The molecule has 0 bridgehead atoms. The number of carbonyl (C=O) groups is 2. The zero-order valence-electron chi connectivity index (χ0n) is 21.2. The molecule has 1 fully saturated rings. The predicted octanol–water partition coefficient (Wildman–Crippen LogP) is 3.95. The highest BCUT2D eigenvalue weighted by Crippen LogP contribution is 2.36. The summed E-state index contributed by atoms with van der Waals surface area (Å²) < 4.78 is 56.2. The SMILES string of the molecule is COC(=O)[C@H](CNC(=O)c1ccc(OCc2ccnc(-c3ccccc3C(F)(F)F)c2)cc1)N1CCOCC1. The number of alkyl halides is 3. The van der Waals surface area contributed by atoms with E-state index in [1.165, 1.54) is 31.5 Å². The normalized spacial score (nSPS) is 14.9. The summed E-state index contributed by atoms with van der Waals surface area (Å²) >= 11 is 0. The second-order valence-electron chi connectivity index (χ2n) is 8.80. The lowest BCUT2D eigenvalue weighted by Crippen LogP contribution is -2.52. The van der Waals surface area contributed by atoms with Crippen molar-refractivity contribution >= 4 is 11.9 Å². The molecule has 0 aliphatic carbocycles. The lowest BCUT2D eigenvalue weighted by molar-refractivity contribution is -0.148. The molecule has 0 unspecified atom stereocenters. The van der Waals surface area contributed by atoms with Gasteiger partial charge >= 0.3 is 12.1 Å². The molecule has 1 N–H and O–H groups in total. The number of pyridine rings is 1. The van der Waals surface area contributed by atoms with Gasteiger partial charge in [-0.25, -0.2) is 0 Å². The van der Waals surface area contributed by atoms with Crippen LogP contribution in [-0.2, 0) is 27.1 Å². The van der Waals surface area contributed by atoms with E-state index >= 15 is 0 Å². The van der Waals surface area contributed by atoms with Crippen LogP contribution in [0.3, 0.4) is 0 Å². The third-order valence-corrected chi connectivity index (χ3v) is 6.27. The smallest absolute Gasteiger partial charge is 0.417 e. The largest absolute Gasteiger partial charge is 0.489 e. The molecule has 11 heteroatoms. The van der Waals surface area contributed by atoms with Gasteiger partial charge in [-0.1, -0.05) is 18.2 Å². The maximum absolute atomic E-state index is 13.4. The van der Waals surface area contributed by atoms with Crippen LogP contribution < -0.4 is 10.1 Å². The number of ether oxygens (including phenoxy) is 3. The van der Waals surface area contributed by atoms with E-state index in [1.807, 2.05) is 4.90 Å². The van der Waals surface area contributed by atoms with Crippen molar-refractivity contribution in [3.63, 3.8) is 0 Å². The van der Waals surface area contributed by atoms with Crippen molar-refractivity contribution < 1.29 is 37.0 Å². The van der Waals surface area contributed by atoms with Crippen molar-refractivity contribution in [2.75, 3.05) is 40.0 Å². The molecule has 4 rings (SSSR count). The van der Waals surface area contributed by atoms with Gasteiger partial charge in [-0.05, 0) is 48.0 Å². The van der Waals surface area contributed by atoms with Gasteiger partial charge in [-0.3, -0.25) is 19.5 Å². The van der Waals surface area contributed by atoms with Gasteiger partial charge in [0.1, 0.15) is 18.4 Å². The Hall–Kier alpha value is -3.96. The number of benzene rings is 2. The number of rotatable bonds is 9. The third kappa shape index (κ3) is 7.33. The van der Waals surface area contributed by atoms with Crippen molar-refractivity contribution in [1.29, 1.82) is 0 Å². The van der Waals surface area contributed by atoms with Crippen molar-refractivity contribution in [2.24, 2.45) is 0 Å². The van der Waals surface area contributed by atoms with Gasteiger partial charge in [0.2, 0.25) is 0 Å². The van der Waals surface area contributed by atoms with Crippen molar-refractivity contribution in [2.45, 2.75) is 18.8 Å². The van der Waals surface area contributed by atoms with E-state index < -0.39 is 23.8 Å². The summed E-state index contributed by atoms with van der Waals surface area (Å²) in [5.74, 6) is -0.311. The zero-order chi connectivity index (χ0) is 27.8. The summed E-state index contributed by atoms with van der Waals surface area (Å²) in [7, 11) is 1.31. The maximum Gasteiger partial charge on any atom is 0.417 e. The fourth-order valence-electron chi connectivity index (χ4n) is 4.21. The van der Waals surface area contributed by atoms with Crippen LogP contribution in [-0.4, -0.2) is 67.8 Å². The van der Waals surface area contributed by atoms with Gasteiger partial charge in [0.05, 0.1) is 31.6 Å². The van der Waals surface area contributed by atoms with Crippen LogP contribution in [0, 0.1) is 0 Å². The van der Waals surface area contributed by atoms with Crippen LogP contribution in [0.2, 0.25) is 0 Å². The number of hydrogen-bond acceptors (Lipinski definition) is 7. The number of aromatic nitrogens is 1. The molecule has 206 valence electrons. The number of halogens is 3. The van der Waals surface area contributed by atoms with Crippen LogP contribution >= 0.6 is 0 Å². The van der Waals surface area contributed by atoms with Crippen LogP contribution in [0.25, 0.3) is 11.3 Å². The highest BCUT2D eigenvalue weighted by Gasteiger charge is 2.33. The minimum Gasteiger partial charge on any atom is -0.489 e. The van der Waals surface area contributed by atoms with Crippen LogP contribution in [0.1, 0.15) is 21.5 Å². The molecule has 1 atom stereocenters. The van der Waals surface area contributed by atoms with E-state index in [1.54, 1.807) is 36.4 Å². The molecule has 39 heavy (non-hydrogen) atoms. The highest BCUT2D eigenvalue weighted by molar-refractivity contribution is 5.94. The summed E-state index contributed by atoms with van der Waals surface area (Å²) in [6.45, 7) is 2.32. The molecule has 0 saturated carbocycles. The average Bonchev–Trinajstić information content (AvgIpc) is 2.96. The number of amides is 1. The number of hydrogen-bond donors (Lipinski definition) is 1. The van der Waals surface area contributed by atoms with Gasteiger partial charge in [0, 0.05) is 37.0 Å². The summed E-state index contributed by atoms with van der Waals surface area (Å²) in [4.78, 5) is 30.9. The average molecular weight is 544 g/mol. The maximum atomic E-state index is 13.4. The highest BCUT2D eigenvalue weighted by atomic mass is 19.4. The van der Waals surface area contributed by atoms with Gasteiger partial charge in [-0.15, -0.1) is 0 Å². The minimum atomic E-state index is -4.50. The first-order valence-electron chi connectivity index (χ1n) is 12.3. The second-order valence-corrected chi connectivity index (χ2v) is 8.80. The first-order chi connectivity index (χ1) is 18.8. The Morgan fingerprint density at radius 1 is 1.08 bits per heavy atom. The Balaban J connectivity index is 1.35. The molecule has 3 aromatic rings. The van der Waals surface area contributed by atoms with E-state index in [0.29, 0.717) is 43.2 Å². The lowest BCUT2D eigenvalue weighted by atomic mass is 10.0. The van der Waals surface area contributed by atoms with E-state index in [4.69, 9.17) is 14.2 Å². The topological polar surface area (TPSA) is 90.0 Å². The summed E-state index contributed by atoms with van der Waals surface area (Å²) in [6, 6.07) is 14.3. The fourth-order valence-corrected chi connectivity index (χ4v) is 4.21. The fraction of sp³-hybridized carbons (Fsp3) is 0.321. The van der Waals surface area contributed by atoms with E-state index in [0.717, 1.165) is 6.07 Å². The minimum absolute atomic E-state index is 0.00901. The first kappa shape index (κ1) is 28.1. The van der Waals surface area contributed by atoms with E-state index in [2.05, 4.69) is 10.3 Å². The summed E-state index contributed by atoms with van der Waals surface area (Å²) in [6.07, 6.45) is -3.06. The summed E-state index contributed by atoms with van der Waals surface area (Å²) in [5, 5.41) is 2.78. The molecule has 0 spiro atoms. The molecule has 2 heterocycles. The van der Waals surface area contributed by atoms with Gasteiger partial charge in [0.15, 0.2) is 0 Å². The van der Waals surface area contributed by atoms with Crippen molar-refractivity contribution in [3.05, 3.63) is 83.6 Å². The molecule has 1 amide bonds. The molecule has 1 saturated heterocycles. The third-order valence-electron chi connectivity index (χ3n) is 6.27. The van der Waals surface area contributed by atoms with Crippen LogP contribution in [0.15, 0.2) is 66.9 Å². The van der Waals surface area contributed by atoms with E-state index in [-0.39, 0.29) is 30.3 Å². The number of esters is 1. The zero-order valence-corrected chi connectivity index (χ0v) is 21.2. The Labute approximate surface area is 223 Å². The Bertz CT molecular complexity index is 1280. The molecule has 2 aromatic carbocycles. The number of methoxy groups -OCH3 is 1. The Morgan fingerprint density at radius 3 is 2.49 bits per heavy atom. The second kappa shape index (κ2) is 12.7. The molecule has 1 aliphatic heterocycles. The van der Waals surface area contributed by atoms with E-state index in [9.17, 15) is 22.8 Å². The Morgan fingerprint density at radius 2 is 1.79 bits per heavy atom. The first-order valence-corrected chi connectivity index (χ1v) is 12.3. The van der Waals surface area contributed by atoms with Crippen molar-refractivity contribution in [1.82, 2.24) is 15.2 Å². The monoisotopic (exact) mass is 543 g/mol. The lowest BCUT2D eigenvalue weighted by Gasteiger charge is -2.32. The molecular weight excluding hydrogens is 515 g/mol. The summed E-state index contributed by atoms with van der Waals surface area (Å²) in [5.41, 5.74) is 0.439. The van der Waals surface area contributed by atoms with Gasteiger partial charge in [-0.2, -0.15) is 13.2 Å². The standard InChI is InChI=1S/C28H28F3N3O5/c1-37-27(36)25(34-12-14-38-15-13-34)17-33-26(35)20-6-8-21(9-7-20)39-18-19-10-11-32-24(16-19)22-4-2-3-5-23(22)28(29,30)31/h2-11,16,25H,12-15,17-18H2,1H3,(H,33,35)/t25-/m0/s1. The number of nitrogens with one attached hydrogen (secondary N) is 1. The predicted molar refractivity (Wildman–Crippen MR) is 136 cm³/mol. The Kier molecular flexibility index (Phi) is 9.15. The number of morpholine rings is 1. The van der Waals surface area contributed by atoms with Gasteiger partial charge in [0.25, 0.3) is 5.91 Å². The van der Waals surface area contributed by atoms with Gasteiger partial charge < -0.3 is 19.5 Å². The molecule has 1 aliphatic rings. The quantitative estimate of drug-likeness (QED) is 0.409. The van der Waals surface area contributed by atoms with Crippen LogP contribution in [0.4, 0.5) is 13.2 Å².